The number of halogens is 5. The van der Waals surface area contributed by atoms with E-state index in [4.69, 9.17) is 22.3 Å². The Balaban J connectivity index is 2.68. The van der Waals surface area contributed by atoms with Gasteiger partial charge >= 0.3 is 6.18 Å². The van der Waals surface area contributed by atoms with Crippen LogP contribution in [-0.4, -0.2) is 21.8 Å². The maximum atomic E-state index is 13.0. The summed E-state index contributed by atoms with van der Waals surface area (Å²) in [7, 11) is -3.84. The zero-order valence-corrected chi connectivity index (χ0v) is 14.5. The van der Waals surface area contributed by atoms with Crippen LogP contribution in [0.5, 0.6) is 0 Å². The minimum Gasteiger partial charge on any atom is -0.242 e. The van der Waals surface area contributed by atoms with Crippen LogP contribution in [0, 0.1) is 0 Å². The third-order valence-corrected chi connectivity index (χ3v) is 8.03. The van der Waals surface area contributed by atoms with E-state index in [1.807, 2.05) is 0 Å². The molecule has 0 bridgehead atoms. The van der Waals surface area contributed by atoms with Crippen LogP contribution in [-0.2, 0) is 25.1 Å². The summed E-state index contributed by atoms with van der Waals surface area (Å²) in [6.45, 7) is 0. The van der Waals surface area contributed by atoms with Gasteiger partial charge in [0.25, 0.3) is 9.05 Å². The average molecular weight is 426 g/mol. The second-order valence-corrected chi connectivity index (χ2v) is 10.4. The van der Waals surface area contributed by atoms with Crippen LogP contribution in [0.3, 0.4) is 0 Å². The SMILES string of the molecule is O=S(=O)(Cl)c1ccc(S(=O)(=O)c2ncc(Cl)cc2C(F)(F)F)s1. The summed E-state index contributed by atoms with van der Waals surface area (Å²) >= 11 is 5.65. The van der Waals surface area contributed by atoms with Gasteiger partial charge in [0, 0.05) is 16.9 Å². The quantitative estimate of drug-likeness (QED) is 0.701. The summed E-state index contributed by atoms with van der Waals surface area (Å²) in [4.78, 5) is 3.25. The molecule has 0 atom stereocenters. The molecule has 23 heavy (non-hydrogen) atoms. The summed E-state index contributed by atoms with van der Waals surface area (Å²) in [5.41, 5.74) is -1.55. The first kappa shape index (κ1) is 18.5. The van der Waals surface area contributed by atoms with E-state index in [9.17, 15) is 30.0 Å². The molecule has 2 aromatic heterocycles. The molecule has 0 fully saturated rings. The van der Waals surface area contributed by atoms with E-state index in [1.165, 1.54) is 0 Å². The molecule has 5 nitrogen and oxygen atoms in total. The second-order valence-electron chi connectivity index (χ2n) is 4.02. The Labute approximate surface area is 142 Å². The van der Waals surface area contributed by atoms with Crippen molar-refractivity contribution in [2.24, 2.45) is 0 Å². The second kappa shape index (κ2) is 5.88. The van der Waals surface area contributed by atoms with Crippen LogP contribution >= 0.6 is 33.6 Å². The van der Waals surface area contributed by atoms with Crippen molar-refractivity contribution in [2.45, 2.75) is 19.6 Å². The Morgan fingerprint density at radius 1 is 1.09 bits per heavy atom. The predicted molar refractivity (Wildman–Crippen MR) is 77.1 cm³/mol. The molecular weight excluding hydrogens is 422 g/mol. The highest BCUT2D eigenvalue weighted by atomic mass is 35.7. The summed E-state index contributed by atoms with van der Waals surface area (Å²) in [5.74, 6) is 0. The van der Waals surface area contributed by atoms with Crippen LogP contribution in [0.2, 0.25) is 5.02 Å². The van der Waals surface area contributed by atoms with Crippen molar-refractivity contribution in [3.8, 4) is 0 Å². The average Bonchev–Trinajstić information content (AvgIpc) is 2.87. The largest absolute Gasteiger partial charge is 0.419 e. The van der Waals surface area contributed by atoms with Crippen molar-refractivity contribution in [2.75, 3.05) is 0 Å². The molecule has 126 valence electrons. The van der Waals surface area contributed by atoms with Crippen LogP contribution < -0.4 is 0 Å². The van der Waals surface area contributed by atoms with E-state index >= 15 is 0 Å². The molecule has 0 aliphatic carbocycles. The molecule has 0 saturated heterocycles. The normalized spacial score (nSPS) is 13.3. The lowest BCUT2D eigenvalue weighted by atomic mass is 10.3. The lowest BCUT2D eigenvalue weighted by Crippen LogP contribution is -2.14. The molecule has 13 heteroatoms. The molecule has 2 aromatic rings. The van der Waals surface area contributed by atoms with Gasteiger partial charge in [0.15, 0.2) is 5.03 Å². The molecule has 0 aromatic carbocycles. The number of pyridine rings is 1. The zero-order chi connectivity index (χ0) is 17.6. The molecule has 2 heterocycles. The fourth-order valence-electron chi connectivity index (χ4n) is 1.52. The van der Waals surface area contributed by atoms with Gasteiger partial charge in [-0.25, -0.2) is 21.8 Å². The van der Waals surface area contributed by atoms with Gasteiger partial charge < -0.3 is 0 Å². The van der Waals surface area contributed by atoms with E-state index in [0.29, 0.717) is 6.07 Å². The molecule has 0 saturated carbocycles. The summed E-state index contributed by atoms with van der Waals surface area (Å²) in [5, 5.41) is -1.67. The number of rotatable bonds is 3. The monoisotopic (exact) mass is 425 g/mol. The van der Waals surface area contributed by atoms with Crippen LogP contribution in [0.4, 0.5) is 13.2 Å². The molecule has 0 radical (unpaired) electrons. The van der Waals surface area contributed by atoms with Gasteiger partial charge in [-0.3, -0.25) is 0 Å². The number of aromatic nitrogens is 1. The summed E-state index contributed by atoms with van der Waals surface area (Å²) in [6, 6.07) is 2.14. The molecule has 0 amide bonds. The van der Waals surface area contributed by atoms with E-state index in [0.717, 1.165) is 18.3 Å². The van der Waals surface area contributed by atoms with Crippen LogP contribution in [0.1, 0.15) is 5.56 Å². The first-order chi connectivity index (χ1) is 10.3. The molecule has 0 aliphatic rings. The number of hydrogen-bond donors (Lipinski definition) is 0. The van der Waals surface area contributed by atoms with Crippen molar-refractivity contribution in [1.82, 2.24) is 4.98 Å². The van der Waals surface area contributed by atoms with Crippen molar-refractivity contribution in [3.05, 3.63) is 35.0 Å². The highest BCUT2D eigenvalue weighted by Crippen LogP contribution is 2.38. The van der Waals surface area contributed by atoms with Gasteiger partial charge in [0.1, 0.15) is 8.42 Å². The lowest BCUT2D eigenvalue weighted by molar-refractivity contribution is -0.140. The number of sulfone groups is 1. The highest BCUT2D eigenvalue weighted by Gasteiger charge is 2.39. The van der Waals surface area contributed by atoms with Crippen LogP contribution in [0.15, 0.2) is 37.8 Å². The number of thiophene rings is 1. The van der Waals surface area contributed by atoms with Crippen molar-refractivity contribution < 1.29 is 30.0 Å². The molecule has 0 unspecified atom stereocenters. The Morgan fingerprint density at radius 2 is 1.65 bits per heavy atom. The van der Waals surface area contributed by atoms with E-state index in [-0.39, 0.29) is 11.3 Å². The Kier molecular flexibility index (Phi) is 4.72. The van der Waals surface area contributed by atoms with E-state index in [2.05, 4.69) is 4.98 Å². The number of hydrogen-bond acceptors (Lipinski definition) is 6. The van der Waals surface area contributed by atoms with Crippen molar-refractivity contribution in [3.63, 3.8) is 0 Å². The van der Waals surface area contributed by atoms with Gasteiger partial charge in [-0.05, 0) is 18.2 Å². The van der Waals surface area contributed by atoms with Gasteiger partial charge in [-0.1, -0.05) is 11.6 Å². The fraction of sp³-hybridized carbons (Fsp3) is 0.100. The minimum absolute atomic E-state index is 0.217. The minimum atomic E-state index is -5.01. The Bertz CT molecular complexity index is 967. The van der Waals surface area contributed by atoms with Crippen molar-refractivity contribution in [1.29, 1.82) is 0 Å². The van der Waals surface area contributed by atoms with E-state index in [1.54, 1.807) is 0 Å². The van der Waals surface area contributed by atoms with Gasteiger partial charge in [-0.2, -0.15) is 13.2 Å². The first-order valence-electron chi connectivity index (χ1n) is 5.36. The lowest BCUT2D eigenvalue weighted by Gasteiger charge is -2.11. The van der Waals surface area contributed by atoms with E-state index < -0.39 is 49.1 Å². The third kappa shape index (κ3) is 3.79. The van der Waals surface area contributed by atoms with Gasteiger partial charge in [0.2, 0.25) is 9.84 Å². The summed E-state index contributed by atoms with van der Waals surface area (Å²) in [6.07, 6.45) is -4.27. The standard InChI is InChI=1S/C10H4Cl2F3NO4S3/c11-5-3-6(10(13,14)15)9(16-4-5)22(17,18)7-1-2-8(21-7)23(12,19)20/h1-4H. The molecule has 0 aliphatic heterocycles. The van der Waals surface area contributed by atoms with Crippen molar-refractivity contribution >= 4 is 52.5 Å². The molecule has 0 N–H and O–H groups in total. The van der Waals surface area contributed by atoms with Gasteiger partial charge in [0.05, 0.1) is 10.6 Å². The number of nitrogens with zero attached hydrogens (tertiary/aromatic N) is 1. The predicted octanol–water partition coefficient (Wildman–Crippen LogP) is 3.58. The smallest absolute Gasteiger partial charge is 0.242 e. The van der Waals surface area contributed by atoms with Crippen LogP contribution in [0.25, 0.3) is 0 Å². The first-order valence-corrected chi connectivity index (χ1v) is 10.3. The molecule has 2 rings (SSSR count). The summed E-state index contributed by atoms with van der Waals surface area (Å²) < 4.78 is 84.8. The highest BCUT2D eigenvalue weighted by molar-refractivity contribution is 8.15. The maximum absolute atomic E-state index is 13.0. The molecular formula is C10H4Cl2F3NO4S3. The third-order valence-electron chi connectivity index (χ3n) is 2.44. The fourth-order valence-corrected chi connectivity index (χ4v) is 5.68. The van der Waals surface area contributed by atoms with Gasteiger partial charge in [-0.15, -0.1) is 11.3 Å². The maximum Gasteiger partial charge on any atom is 0.419 e. The Morgan fingerprint density at radius 3 is 2.13 bits per heavy atom. The number of alkyl halides is 3. The topological polar surface area (TPSA) is 81.2 Å². The molecule has 0 spiro atoms. The Hall–Kier alpha value is -0.880. The zero-order valence-electron chi connectivity index (χ0n) is 10.5.